The Kier molecular flexibility index (Phi) is 4.78. The standard InChI is InChI=1S/C12H11ClF3NO/c1-8(18)17-6-2-3-9-4-5-10(11(13)7-9)12(14,15)16/h2-5,7H,6H2,1H3,(H,17,18). The van der Waals surface area contributed by atoms with E-state index in [1.54, 1.807) is 12.2 Å². The van der Waals surface area contributed by atoms with Gasteiger partial charge in [-0.3, -0.25) is 4.79 Å². The lowest BCUT2D eigenvalue weighted by Crippen LogP contribution is -2.19. The van der Waals surface area contributed by atoms with E-state index in [0.29, 0.717) is 12.1 Å². The van der Waals surface area contributed by atoms with Gasteiger partial charge in [0.15, 0.2) is 0 Å². The van der Waals surface area contributed by atoms with Crippen LogP contribution in [-0.4, -0.2) is 12.5 Å². The van der Waals surface area contributed by atoms with Crippen LogP contribution < -0.4 is 5.32 Å². The molecular formula is C12H11ClF3NO. The van der Waals surface area contributed by atoms with E-state index in [-0.39, 0.29) is 10.9 Å². The van der Waals surface area contributed by atoms with E-state index in [1.807, 2.05) is 0 Å². The van der Waals surface area contributed by atoms with Crippen molar-refractivity contribution in [3.05, 3.63) is 40.4 Å². The van der Waals surface area contributed by atoms with Gasteiger partial charge in [-0.2, -0.15) is 13.2 Å². The summed E-state index contributed by atoms with van der Waals surface area (Å²) in [5, 5.41) is 2.18. The Hall–Kier alpha value is -1.49. The molecule has 98 valence electrons. The summed E-state index contributed by atoms with van der Waals surface area (Å²) >= 11 is 5.55. The van der Waals surface area contributed by atoms with Gasteiger partial charge in [-0.1, -0.05) is 29.8 Å². The first kappa shape index (κ1) is 14.6. The molecule has 1 aromatic rings. The molecule has 0 saturated carbocycles. The average molecular weight is 278 g/mol. The van der Waals surface area contributed by atoms with Gasteiger partial charge in [0, 0.05) is 13.5 Å². The first-order valence-electron chi connectivity index (χ1n) is 5.08. The van der Waals surface area contributed by atoms with Crippen molar-refractivity contribution < 1.29 is 18.0 Å². The van der Waals surface area contributed by atoms with Crippen molar-refractivity contribution >= 4 is 23.6 Å². The Morgan fingerprint density at radius 3 is 2.61 bits per heavy atom. The van der Waals surface area contributed by atoms with Crippen LogP contribution in [0.1, 0.15) is 18.1 Å². The molecule has 1 N–H and O–H groups in total. The van der Waals surface area contributed by atoms with Crippen molar-refractivity contribution in [3.8, 4) is 0 Å². The fourth-order valence-corrected chi connectivity index (χ4v) is 1.56. The smallest absolute Gasteiger partial charge is 0.353 e. The molecule has 0 aliphatic carbocycles. The van der Waals surface area contributed by atoms with Crippen LogP contribution in [0.5, 0.6) is 0 Å². The summed E-state index contributed by atoms with van der Waals surface area (Å²) in [4.78, 5) is 10.6. The molecular weight excluding hydrogens is 267 g/mol. The molecule has 0 aliphatic rings. The number of rotatable bonds is 3. The number of amides is 1. The van der Waals surface area contributed by atoms with Crippen LogP contribution in [0.15, 0.2) is 24.3 Å². The van der Waals surface area contributed by atoms with Crippen LogP contribution in [0.3, 0.4) is 0 Å². The van der Waals surface area contributed by atoms with E-state index in [0.717, 1.165) is 6.07 Å². The molecule has 0 radical (unpaired) electrons. The number of carbonyl (C=O) groups excluding carboxylic acids is 1. The summed E-state index contributed by atoms with van der Waals surface area (Å²) in [5.41, 5.74) is -0.318. The molecule has 2 nitrogen and oxygen atoms in total. The molecule has 0 aliphatic heterocycles. The summed E-state index contributed by atoms with van der Waals surface area (Å²) in [7, 11) is 0. The number of alkyl halides is 3. The van der Waals surface area contributed by atoms with Gasteiger partial charge in [0.25, 0.3) is 0 Å². The highest BCUT2D eigenvalue weighted by Crippen LogP contribution is 2.35. The van der Waals surface area contributed by atoms with Crippen molar-refractivity contribution in [1.82, 2.24) is 5.32 Å². The maximum Gasteiger partial charge on any atom is 0.417 e. The summed E-state index contributed by atoms with van der Waals surface area (Å²) in [6.07, 6.45) is -1.24. The first-order chi connectivity index (χ1) is 8.30. The number of hydrogen-bond acceptors (Lipinski definition) is 1. The predicted octanol–water partition coefficient (Wildman–Crippen LogP) is 3.51. The zero-order valence-corrected chi connectivity index (χ0v) is 10.3. The normalized spacial score (nSPS) is 11.8. The van der Waals surface area contributed by atoms with E-state index in [1.165, 1.54) is 19.1 Å². The number of hydrogen-bond donors (Lipinski definition) is 1. The summed E-state index contributed by atoms with van der Waals surface area (Å²) in [6, 6.07) is 3.48. The third-order valence-corrected chi connectivity index (χ3v) is 2.39. The van der Waals surface area contributed by atoms with Crippen LogP contribution in [0.25, 0.3) is 6.08 Å². The van der Waals surface area contributed by atoms with Crippen LogP contribution in [0, 0.1) is 0 Å². The third-order valence-electron chi connectivity index (χ3n) is 2.08. The number of benzene rings is 1. The highest BCUT2D eigenvalue weighted by molar-refractivity contribution is 6.31. The van der Waals surface area contributed by atoms with Gasteiger partial charge in [0.2, 0.25) is 5.91 Å². The highest BCUT2D eigenvalue weighted by atomic mass is 35.5. The highest BCUT2D eigenvalue weighted by Gasteiger charge is 2.32. The topological polar surface area (TPSA) is 29.1 Å². The molecule has 0 spiro atoms. The minimum atomic E-state index is -4.45. The average Bonchev–Trinajstić information content (AvgIpc) is 2.22. The van der Waals surface area contributed by atoms with Gasteiger partial charge in [-0.15, -0.1) is 0 Å². The number of halogens is 4. The van der Waals surface area contributed by atoms with E-state index >= 15 is 0 Å². The predicted molar refractivity (Wildman–Crippen MR) is 64.2 cm³/mol. The van der Waals surface area contributed by atoms with E-state index in [4.69, 9.17) is 11.6 Å². The molecule has 18 heavy (non-hydrogen) atoms. The largest absolute Gasteiger partial charge is 0.417 e. The minimum Gasteiger partial charge on any atom is -0.353 e. The van der Waals surface area contributed by atoms with E-state index < -0.39 is 11.7 Å². The van der Waals surface area contributed by atoms with Gasteiger partial charge < -0.3 is 5.32 Å². The molecule has 6 heteroatoms. The lowest BCUT2D eigenvalue weighted by molar-refractivity contribution is -0.137. The van der Waals surface area contributed by atoms with Crippen LogP contribution >= 0.6 is 11.6 Å². The molecule has 0 saturated heterocycles. The molecule has 0 unspecified atom stereocenters. The zero-order valence-electron chi connectivity index (χ0n) is 9.51. The van der Waals surface area contributed by atoms with Crippen molar-refractivity contribution in [3.63, 3.8) is 0 Å². The van der Waals surface area contributed by atoms with Gasteiger partial charge in [-0.05, 0) is 17.7 Å². The lowest BCUT2D eigenvalue weighted by Gasteiger charge is -2.08. The second kappa shape index (κ2) is 5.91. The second-order valence-electron chi connectivity index (χ2n) is 3.58. The Balaban J connectivity index is 2.76. The van der Waals surface area contributed by atoms with Crippen molar-refractivity contribution in [2.24, 2.45) is 0 Å². The SMILES string of the molecule is CC(=O)NCC=Cc1ccc(C(F)(F)F)c(Cl)c1. The fraction of sp³-hybridized carbons (Fsp3) is 0.250. The Morgan fingerprint density at radius 2 is 2.11 bits per heavy atom. The van der Waals surface area contributed by atoms with Gasteiger partial charge in [0.05, 0.1) is 10.6 Å². The summed E-state index contributed by atoms with van der Waals surface area (Å²) < 4.78 is 37.3. The Bertz CT molecular complexity index is 469. The number of carbonyl (C=O) groups is 1. The van der Waals surface area contributed by atoms with Crippen LogP contribution in [0.2, 0.25) is 5.02 Å². The molecule has 1 aromatic carbocycles. The molecule has 0 bridgehead atoms. The van der Waals surface area contributed by atoms with Crippen LogP contribution in [-0.2, 0) is 11.0 Å². The molecule has 0 heterocycles. The summed E-state index contributed by atoms with van der Waals surface area (Å²) in [6.45, 7) is 1.69. The monoisotopic (exact) mass is 277 g/mol. The Morgan fingerprint density at radius 1 is 1.44 bits per heavy atom. The third kappa shape index (κ3) is 4.41. The van der Waals surface area contributed by atoms with E-state index in [9.17, 15) is 18.0 Å². The number of nitrogens with one attached hydrogen (secondary N) is 1. The van der Waals surface area contributed by atoms with Gasteiger partial charge in [0.1, 0.15) is 0 Å². The van der Waals surface area contributed by atoms with Crippen molar-refractivity contribution in [1.29, 1.82) is 0 Å². The maximum atomic E-state index is 12.4. The summed E-state index contributed by atoms with van der Waals surface area (Å²) in [5.74, 6) is -0.176. The maximum absolute atomic E-state index is 12.4. The second-order valence-corrected chi connectivity index (χ2v) is 3.98. The molecule has 0 atom stereocenters. The van der Waals surface area contributed by atoms with Gasteiger partial charge in [-0.25, -0.2) is 0 Å². The molecule has 1 rings (SSSR count). The quantitative estimate of drug-likeness (QED) is 0.900. The molecule has 1 amide bonds. The van der Waals surface area contributed by atoms with Gasteiger partial charge >= 0.3 is 6.18 Å². The van der Waals surface area contributed by atoms with Crippen LogP contribution in [0.4, 0.5) is 13.2 Å². The zero-order chi connectivity index (χ0) is 13.8. The van der Waals surface area contributed by atoms with Crippen molar-refractivity contribution in [2.45, 2.75) is 13.1 Å². The minimum absolute atomic E-state index is 0.176. The van der Waals surface area contributed by atoms with E-state index in [2.05, 4.69) is 5.32 Å². The molecule has 0 aromatic heterocycles. The molecule has 0 fully saturated rings. The lowest BCUT2D eigenvalue weighted by atomic mass is 10.1. The van der Waals surface area contributed by atoms with Crippen molar-refractivity contribution in [2.75, 3.05) is 6.54 Å². The fourth-order valence-electron chi connectivity index (χ4n) is 1.26. The Labute approximate surface area is 107 Å². The first-order valence-corrected chi connectivity index (χ1v) is 5.46.